The molecule has 0 radical (unpaired) electrons. The van der Waals surface area contributed by atoms with E-state index in [4.69, 9.17) is 9.47 Å². The first-order valence-electron chi connectivity index (χ1n) is 8.76. The van der Waals surface area contributed by atoms with E-state index in [2.05, 4.69) is 27.6 Å². The van der Waals surface area contributed by atoms with E-state index in [1.165, 1.54) is 0 Å². The maximum atomic E-state index is 12.9. The first-order valence-corrected chi connectivity index (χ1v) is 9.84. The van der Waals surface area contributed by atoms with E-state index in [-0.39, 0.29) is 24.3 Å². The molecule has 138 valence electrons. The van der Waals surface area contributed by atoms with Crippen molar-refractivity contribution in [1.29, 1.82) is 0 Å². The van der Waals surface area contributed by atoms with Gasteiger partial charge in [-0.3, -0.25) is 14.6 Å². The molecule has 1 aliphatic heterocycles. The third kappa shape index (κ3) is 3.76. The lowest BCUT2D eigenvalue weighted by atomic mass is 9.72. The van der Waals surface area contributed by atoms with Crippen LogP contribution in [0.25, 0.3) is 0 Å². The minimum Gasteiger partial charge on any atom is -0.463 e. The molecular formula is C20H22INO4. The number of Topliss-reactive ketones (excluding diaryl/α,β-unsaturated/α-hetero) is 1. The van der Waals surface area contributed by atoms with Crippen LogP contribution in [-0.4, -0.2) is 37.8 Å². The Kier molecular flexibility index (Phi) is 6.24. The summed E-state index contributed by atoms with van der Waals surface area (Å²) >= 11 is 2.26. The van der Waals surface area contributed by atoms with E-state index in [1.54, 1.807) is 7.11 Å². The van der Waals surface area contributed by atoms with E-state index < -0.39 is 5.92 Å². The van der Waals surface area contributed by atoms with Gasteiger partial charge in [-0.1, -0.05) is 18.2 Å². The molecule has 3 rings (SSSR count). The van der Waals surface area contributed by atoms with Crippen LogP contribution in [0, 0.1) is 9.49 Å². The van der Waals surface area contributed by atoms with Gasteiger partial charge >= 0.3 is 5.97 Å². The highest BCUT2D eigenvalue weighted by Gasteiger charge is 2.43. The van der Waals surface area contributed by atoms with Crippen molar-refractivity contribution >= 4 is 40.1 Å². The van der Waals surface area contributed by atoms with Gasteiger partial charge in [0.15, 0.2) is 5.78 Å². The normalized spacial score (nSPS) is 22.7. The average Bonchev–Trinajstić information content (AvgIpc) is 2.61. The number of esters is 1. The van der Waals surface area contributed by atoms with Gasteiger partial charge in [0.05, 0.1) is 6.61 Å². The molecule has 1 aromatic carbocycles. The summed E-state index contributed by atoms with van der Waals surface area (Å²) in [5.41, 5.74) is 3.23. The summed E-state index contributed by atoms with van der Waals surface area (Å²) in [6, 6.07) is 7.89. The number of carbonyl (C=O) groups is 2. The maximum absolute atomic E-state index is 12.9. The number of rotatable bonds is 5. The molecule has 0 amide bonds. The third-order valence-electron chi connectivity index (χ3n) is 4.86. The van der Waals surface area contributed by atoms with Crippen LogP contribution in [0.4, 0.5) is 0 Å². The number of carbonyl (C=O) groups excluding carboxylic acids is 2. The minimum atomic E-state index is -0.580. The fourth-order valence-corrected chi connectivity index (χ4v) is 4.41. The summed E-state index contributed by atoms with van der Waals surface area (Å²) < 4.78 is 11.4. The van der Waals surface area contributed by atoms with E-state index >= 15 is 0 Å². The van der Waals surface area contributed by atoms with Crippen molar-refractivity contribution in [1.82, 2.24) is 0 Å². The second kappa shape index (κ2) is 8.43. The Morgan fingerprint density at radius 3 is 2.77 bits per heavy atom. The summed E-state index contributed by atoms with van der Waals surface area (Å²) in [4.78, 5) is 30.3. The van der Waals surface area contributed by atoms with Gasteiger partial charge in [0.25, 0.3) is 0 Å². The molecule has 0 N–H and O–H groups in total. The van der Waals surface area contributed by atoms with Gasteiger partial charge in [0, 0.05) is 40.0 Å². The topological polar surface area (TPSA) is 65.0 Å². The molecule has 1 aromatic rings. The number of hydrogen-bond donors (Lipinski definition) is 0. The van der Waals surface area contributed by atoms with E-state index in [1.807, 2.05) is 31.2 Å². The molecule has 1 aliphatic carbocycles. The van der Waals surface area contributed by atoms with E-state index in [0.29, 0.717) is 24.3 Å². The number of methoxy groups -OCH3 is 1. The highest BCUT2D eigenvalue weighted by Crippen LogP contribution is 2.44. The van der Waals surface area contributed by atoms with Crippen molar-refractivity contribution in [2.75, 3.05) is 20.3 Å². The van der Waals surface area contributed by atoms with Crippen molar-refractivity contribution in [3.05, 3.63) is 44.7 Å². The molecule has 2 atom stereocenters. The standard InChI is InChI=1S/C20H22INO4/c1-12-17(20(24)26-11-10-25-2)18(13-6-3-4-7-14(13)21)19-15(22-12)8-5-9-16(19)23/h3-4,6-7,17-18H,5,8-11H2,1-2H3/t17?,18-/m1/s1. The van der Waals surface area contributed by atoms with Crippen molar-refractivity contribution in [2.45, 2.75) is 32.1 Å². The summed E-state index contributed by atoms with van der Waals surface area (Å²) in [5.74, 6) is -1.17. The molecule has 6 heteroatoms. The molecular weight excluding hydrogens is 445 g/mol. The molecule has 0 bridgehead atoms. The number of nitrogens with zero attached hydrogens (tertiary/aromatic N) is 1. The molecule has 2 aliphatic rings. The van der Waals surface area contributed by atoms with Crippen LogP contribution in [0.15, 0.2) is 40.5 Å². The zero-order valence-corrected chi connectivity index (χ0v) is 17.1. The minimum absolute atomic E-state index is 0.0989. The molecule has 26 heavy (non-hydrogen) atoms. The highest BCUT2D eigenvalue weighted by atomic mass is 127. The van der Waals surface area contributed by atoms with Gasteiger partial charge in [-0.2, -0.15) is 0 Å². The fraction of sp³-hybridized carbons (Fsp3) is 0.450. The average molecular weight is 467 g/mol. The fourth-order valence-electron chi connectivity index (χ4n) is 3.69. The van der Waals surface area contributed by atoms with Gasteiger partial charge < -0.3 is 9.47 Å². The second-order valence-corrected chi connectivity index (χ2v) is 7.69. The van der Waals surface area contributed by atoms with Crippen LogP contribution >= 0.6 is 22.6 Å². The molecule has 0 saturated heterocycles. The van der Waals surface area contributed by atoms with Gasteiger partial charge in [0.1, 0.15) is 12.5 Å². The summed E-state index contributed by atoms with van der Waals surface area (Å²) in [6.07, 6.45) is 2.11. The third-order valence-corrected chi connectivity index (χ3v) is 5.84. The first kappa shape index (κ1) is 19.2. The van der Waals surface area contributed by atoms with Crippen molar-refractivity contribution in [2.24, 2.45) is 10.9 Å². The lowest BCUT2D eigenvalue weighted by molar-refractivity contribution is -0.147. The van der Waals surface area contributed by atoms with Crippen molar-refractivity contribution in [3.63, 3.8) is 0 Å². The molecule has 0 fully saturated rings. The zero-order chi connectivity index (χ0) is 18.7. The predicted octanol–water partition coefficient (Wildman–Crippen LogP) is 3.66. The smallest absolute Gasteiger partial charge is 0.315 e. The summed E-state index contributed by atoms with van der Waals surface area (Å²) in [7, 11) is 1.56. The summed E-state index contributed by atoms with van der Waals surface area (Å²) in [6.45, 7) is 2.39. The quantitative estimate of drug-likeness (QED) is 0.377. The second-order valence-electron chi connectivity index (χ2n) is 6.53. The molecule has 1 heterocycles. The lowest BCUT2D eigenvalue weighted by Crippen LogP contribution is -2.38. The Morgan fingerprint density at radius 2 is 2.04 bits per heavy atom. The van der Waals surface area contributed by atoms with Gasteiger partial charge in [-0.15, -0.1) is 0 Å². The number of ketones is 1. The SMILES string of the molecule is COCCOC(=O)C1C(C)=NC2=C(C(=O)CCC2)[C@@H]1c1ccccc1I. The van der Waals surface area contributed by atoms with Gasteiger partial charge in [0.2, 0.25) is 0 Å². The van der Waals surface area contributed by atoms with E-state index in [0.717, 1.165) is 27.7 Å². The van der Waals surface area contributed by atoms with Crippen LogP contribution in [0.1, 0.15) is 37.7 Å². The predicted molar refractivity (Wildman–Crippen MR) is 107 cm³/mol. The van der Waals surface area contributed by atoms with Crippen LogP contribution in [-0.2, 0) is 19.1 Å². The van der Waals surface area contributed by atoms with Crippen molar-refractivity contribution in [3.8, 4) is 0 Å². The molecule has 0 spiro atoms. The Balaban J connectivity index is 2.06. The van der Waals surface area contributed by atoms with Crippen LogP contribution < -0.4 is 0 Å². The van der Waals surface area contributed by atoms with E-state index in [9.17, 15) is 9.59 Å². The van der Waals surface area contributed by atoms with Crippen molar-refractivity contribution < 1.29 is 19.1 Å². The number of hydrogen-bond acceptors (Lipinski definition) is 5. The molecule has 5 nitrogen and oxygen atoms in total. The molecule has 0 aromatic heterocycles. The lowest BCUT2D eigenvalue weighted by Gasteiger charge is -2.34. The van der Waals surface area contributed by atoms with Gasteiger partial charge in [-0.05, 0) is 54.0 Å². The van der Waals surface area contributed by atoms with Crippen LogP contribution in [0.3, 0.4) is 0 Å². The molecule has 1 unspecified atom stereocenters. The number of allylic oxidation sites excluding steroid dienone is 2. The largest absolute Gasteiger partial charge is 0.463 e. The maximum Gasteiger partial charge on any atom is 0.315 e. The monoisotopic (exact) mass is 467 g/mol. The number of ether oxygens (including phenoxy) is 2. The summed E-state index contributed by atoms with van der Waals surface area (Å²) in [5, 5.41) is 0. The van der Waals surface area contributed by atoms with Crippen LogP contribution in [0.2, 0.25) is 0 Å². The molecule has 0 saturated carbocycles. The number of aliphatic imine (C=N–C) groups is 1. The number of benzene rings is 1. The Hall–Kier alpha value is -1.54. The first-order chi connectivity index (χ1) is 12.5. The highest BCUT2D eigenvalue weighted by molar-refractivity contribution is 14.1. The van der Waals surface area contributed by atoms with Gasteiger partial charge in [-0.25, -0.2) is 0 Å². The Morgan fingerprint density at radius 1 is 1.27 bits per heavy atom. The zero-order valence-electron chi connectivity index (χ0n) is 15.0. The van der Waals surface area contributed by atoms with Crippen LogP contribution in [0.5, 0.6) is 0 Å². The number of halogens is 1. The Bertz CT molecular complexity index is 784. The Labute approximate surface area is 167 Å².